The van der Waals surface area contributed by atoms with Gasteiger partial charge in [-0.25, -0.2) is 4.79 Å². The van der Waals surface area contributed by atoms with Gasteiger partial charge in [0.1, 0.15) is 5.75 Å². The number of aromatic nitrogens is 3. The molecule has 0 fully saturated rings. The summed E-state index contributed by atoms with van der Waals surface area (Å²) < 4.78 is 14.4. The number of hydrogen-bond donors (Lipinski definition) is 0. The van der Waals surface area contributed by atoms with Crippen LogP contribution in [0.2, 0.25) is 0 Å². The maximum atomic E-state index is 13.4. The molecule has 0 N–H and O–H groups in total. The van der Waals surface area contributed by atoms with Gasteiger partial charge in [-0.1, -0.05) is 12.1 Å². The molecule has 0 radical (unpaired) electrons. The Balaban J connectivity index is 0.00000200. The van der Waals surface area contributed by atoms with Crippen molar-refractivity contribution in [3.8, 4) is 16.9 Å². The summed E-state index contributed by atoms with van der Waals surface area (Å²) in [5, 5.41) is 0.881. The minimum Gasteiger partial charge on any atom is -0.470 e. The van der Waals surface area contributed by atoms with Crippen molar-refractivity contribution in [2.24, 2.45) is 7.05 Å². The number of rotatable bonds is 6. The SMILES string of the molecule is CCOC(=O)c1c(CN(C)C)n(C)c2cc(-c3cccnc3)c3c(c12)CN(C)C(c1cccnc1)O3.Cl.Cl.Cl.Cl. The third-order valence-electron chi connectivity index (χ3n) is 6.59. The average Bonchev–Trinajstić information content (AvgIpc) is 3.15. The number of ether oxygens (including phenoxy) is 2. The normalized spacial score (nSPS) is 14.1. The van der Waals surface area contributed by atoms with Crippen LogP contribution in [-0.4, -0.2) is 58.1 Å². The molecular weight excluding hydrogens is 596 g/mol. The first-order valence-corrected chi connectivity index (χ1v) is 12.1. The smallest absolute Gasteiger partial charge is 0.340 e. The summed E-state index contributed by atoms with van der Waals surface area (Å²) in [7, 11) is 8.03. The quantitative estimate of drug-likeness (QED) is 0.239. The number of fused-ring (bicyclic) bond motifs is 3. The molecule has 5 rings (SSSR count). The number of hydrogen-bond acceptors (Lipinski definition) is 7. The van der Waals surface area contributed by atoms with Gasteiger partial charge >= 0.3 is 5.97 Å². The van der Waals surface area contributed by atoms with Crippen molar-refractivity contribution in [3.05, 3.63) is 77.5 Å². The standard InChI is InChI=1S/C28H31N5O3.4ClH/c1-6-35-28(34)25-23(17-31(2)3)33(5)22-13-20(18-9-7-11-29-14-18)26-21(24(22)25)16-32(4)27(36-26)19-10-8-12-30-15-19;;;;/h7-15,27H,6,16-17H2,1-5H3;4*1H. The van der Waals surface area contributed by atoms with Gasteiger partial charge in [0.25, 0.3) is 0 Å². The predicted molar refractivity (Wildman–Crippen MR) is 168 cm³/mol. The van der Waals surface area contributed by atoms with Crippen LogP contribution in [0.1, 0.15) is 40.3 Å². The third-order valence-corrected chi connectivity index (χ3v) is 6.59. The zero-order valence-corrected chi connectivity index (χ0v) is 26.3. The Bertz CT molecular complexity index is 1420. The van der Waals surface area contributed by atoms with E-state index >= 15 is 0 Å². The number of halogens is 4. The number of nitrogens with zero attached hydrogens (tertiary/aromatic N) is 5. The molecule has 0 saturated carbocycles. The second-order valence-electron chi connectivity index (χ2n) is 9.38. The van der Waals surface area contributed by atoms with Crippen LogP contribution >= 0.6 is 49.6 Å². The molecule has 8 nitrogen and oxygen atoms in total. The zero-order chi connectivity index (χ0) is 25.4. The van der Waals surface area contributed by atoms with E-state index in [1.54, 1.807) is 12.4 Å². The van der Waals surface area contributed by atoms with Gasteiger partial charge in [0.15, 0.2) is 6.23 Å². The molecule has 4 aromatic rings. The van der Waals surface area contributed by atoms with Crippen LogP contribution in [-0.2, 0) is 24.9 Å². The number of carbonyl (C=O) groups excluding carboxylic acids is 1. The van der Waals surface area contributed by atoms with Gasteiger partial charge in [-0.15, -0.1) is 49.6 Å². The second-order valence-corrected chi connectivity index (χ2v) is 9.38. The van der Waals surface area contributed by atoms with Crippen LogP contribution < -0.4 is 4.74 Å². The van der Waals surface area contributed by atoms with E-state index in [1.807, 2.05) is 71.8 Å². The Labute approximate surface area is 259 Å². The minimum atomic E-state index is -0.312. The van der Waals surface area contributed by atoms with Gasteiger partial charge in [0, 0.05) is 78.3 Å². The summed E-state index contributed by atoms with van der Waals surface area (Å²) in [6.07, 6.45) is 6.88. The lowest BCUT2D eigenvalue weighted by Crippen LogP contribution is -2.33. The van der Waals surface area contributed by atoms with E-state index < -0.39 is 0 Å². The average molecular weight is 631 g/mol. The van der Waals surface area contributed by atoms with Gasteiger partial charge in [0.2, 0.25) is 0 Å². The Morgan fingerprint density at radius 1 is 1.07 bits per heavy atom. The maximum Gasteiger partial charge on any atom is 0.340 e. The molecule has 1 aromatic carbocycles. The van der Waals surface area contributed by atoms with Crippen molar-refractivity contribution in [2.45, 2.75) is 26.2 Å². The van der Waals surface area contributed by atoms with Crippen molar-refractivity contribution < 1.29 is 14.3 Å². The molecule has 0 bridgehead atoms. The summed E-state index contributed by atoms with van der Waals surface area (Å²) >= 11 is 0. The lowest BCUT2D eigenvalue weighted by atomic mass is 9.95. The molecule has 0 amide bonds. The first-order valence-electron chi connectivity index (χ1n) is 12.1. The van der Waals surface area contributed by atoms with E-state index in [2.05, 4.69) is 30.4 Å². The maximum absolute atomic E-state index is 13.4. The van der Waals surface area contributed by atoms with Gasteiger partial charge in [-0.2, -0.15) is 0 Å². The van der Waals surface area contributed by atoms with Crippen molar-refractivity contribution in [1.29, 1.82) is 0 Å². The summed E-state index contributed by atoms with van der Waals surface area (Å²) in [4.78, 5) is 26.2. The molecule has 218 valence electrons. The molecule has 0 spiro atoms. The Morgan fingerprint density at radius 2 is 1.75 bits per heavy atom. The molecule has 40 heavy (non-hydrogen) atoms. The highest BCUT2D eigenvalue weighted by Crippen LogP contribution is 2.47. The molecule has 1 unspecified atom stereocenters. The van der Waals surface area contributed by atoms with E-state index in [-0.39, 0.29) is 61.8 Å². The van der Waals surface area contributed by atoms with Crippen LogP contribution in [0.25, 0.3) is 22.0 Å². The monoisotopic (exact) mass is 629 g/mol. The Hall–Kier alpha value is -2.59. The highest BCUT2D eigenvalue weighted by Gasteiger charge is 2.34. The van der Waals surface area contributed by atoms with Crippen molar-refractivity contribution in [3.63, 3.8) is 0 Å². The van der Waals surface area contributed by atoms with E-state index in [9.17, 15) is 4.79 Å². The molecule has 3 aromatic heterocycles. The first kappa shape index (κ1) is 35.4. The molecule has 4 heterocycles. The fourth-order valence-corrected chi connectivity index (χ4v) is 5.01. The summed E-state index contributed by atoms with van der Waals surface area (Å²) in [6, 6.07) is 10.00. The topological polar surface area (TPSA) is 72.7 Å². The molecule has 12 heteroatoms. The van der Waals surface area contributed by atoms with Crippen molar-refractivity contribution in [2.75, 3.05) is 27.7 Å². The number of pyridine rings is 2. The Morgan fingerprint density at radius 3 is 2.33 bits per heavy atom. The third kappa shape index (κ3) is 6.48. The minimum absolute atomic E-state index is 0. The zero-order valence-electron chi connectivity index (χ0n) is 23.0. The van der Waals surface area contributed by atoms with Crippen LogP contribution in [0.5, 0.6) is 5.75 Å². The van der Waals surface area contributed by atoms with Gasteiger partial charge in [0.05, 0.1) is 17.7 Å². The summed E-state index contributed by atoms with van der Waals surface area (Å²) in [5.41, 5.74) is 6.32. The van der Waals surface area contributed by atoms with E-state index in [0.29, 0.717) is 25.3 Å². The van der Waals surface area contributed by atoms with Crippen LogP contribution in [0.4, 0.5) is 0 Å². The molecule has 0 saturated heterocycles. The molecular formula is C28H35Cl4N5O3. The first-order chi connectivity index (χ1) is 17.4. The number of esters is 1. The Kier molecular flexibility index (Phi) is 13.2. The molecule has 1 aliphatic rings. The van der Waals surface area contributed by atoms with Crippen molar-refractivity contribution in [1.82, 2.24) is 24.3 Å². The highest BCUT2D eigenvalue weighted by atomic mass is 35.5. The lowest BCUT2D eigenvalue weighted by Gasteiger charge is -2.36. The fourth-order valence-electron chi connectivity index (χ4n) is 5.01. The summed E-state index contributed by atoms with van der Waals surface area (Å²) in [5.74, 6) is 0.448. The molecule has 1 atom stereocenters. The number of carbonyl (C=O) groups is 1. The summed E-state index contributed by atoms with van der Waals surface area (Å²) in [6.45, 7) is 3.34. The number of aryl methyl sites for hydroxylation is 1. The second kappa shape index (κ2) is 14.9. The van der Waals surface area contributed by atoms with Gasteiger partial charge in [-0.05, 0) is 46.3 Å². The van der Waals surface area contributed by atoms with Crippen LogP contribution in [0, 0.1) is 0 Å². The largest absolute Gasteiger partial charge is 0.470 e. The van der Waals surface area contributed by atoms with E-state index in [4.69, 9.17) is 9.47 Å². The lowest BCUT2D eigenvalue weighted by molar-refractivity contribution is 0.0185. The van der Waals surface area contributed by atoms with Gasteiger partial charge in [-0.3, -0.25) is 14.9 Å². The van der Waals surface area contributed by atoms with Crippen LogP contribution in [0.15, 0.2) is 55.1 Å². The fraction of sp³-hybridized carbons (Fsp3) is 0.321. The van der Waals surface area contributed by atoms with E-state index in [0.717, 1.165) is 44.6 Å². The number of benzene rings is 1. The molecule has 0 aliphatic carbocycles. The molecule has 1 aliphatic heterocycles. The van der Waals surface area contributed by atoms with E-state index in [1.165, 1.54) is 0 Å². The highest BCUT2D eigenvalue weighted by molar-refractivity contribution is 6.09. The van der Waals surface area contributed by atoms with Crippen LogP contribution in [0.3, 0.4) is 0 Å². The van der Waals surface area contributed by atoms with Crippen molar-refractivity contribution >= 4 is 66.5 Å². The predicted octanol–water partition coefficient (Wildman–Crippen LogP) is 6.08. The van der Waals surface area contributed by atoms with Gasteiger partial charge < -0.3 is 18.9 Å².